The van der Waals surface area contributed by atoms with Crippen molar-refractivity contribution in [2.75, 3.05) is 26.2 Å². The van der Waals surface area contributed by atoms with Gasteiger partial charge in [-0.2, -0.15) is 0 Å². The largest absolute Gasteiger partial charge is 0.469 e. The van der Waals surface area contributed by atoms with Gasteiger partial charge < -0.3 is 19.7 Å². The molecule has 3 rings (SSSR count). The SMILES string of the molecule is O=C(NCC(CO)Cc1ccco1)N1CC(c2ccncc2)C1. The lowest BCUT2D eigenvalue weighted by atomic mass is 9.93. The molecule has 122 valence electrons. The first-order chi connectivity index (χ1) is 11.3. The molecule has 0 aliphatic carbocycles. The number of hydrogen-bond donors (Lipinski definition) is 2. The van der Waals surface area contributed by atoms with Crippen molar-refractivity contribution in [3.05, 3.63) is 54.2 Å². The minimum atomic E-state index is -0.0757. The number of urea groups is 1. The third kappa shape index (κ3) is 3.90. The molecular formula is C17H21N3O3. The van der Waals surface area contributed by atoms with Crippen LogP contribution in [0.15, 0.2) is 47.3 Å². The Morgan fingerprint density at radius 2 is 2.17 bits per heavy atom. The predicted octanol–water partition coefficient (Wildman–Crippen LogP) is 1.63. The Hall–Kier alpha value is -2.34. The lowest BCUT2D eigenvalue weighted by Gasteiger charge is -2.39. The van der Waals surface area contributed by atoms with Crippen LogP contribution in [-0.2, 0) is 6.42 Å². The summed E-state index contributed by atoms with van der Waals surface area (Å²) >= 11 is 0. The molecule has 1 fully saturated rings. The van der Waals surface area contributed by atoms with Gasteiger partial charge >= 0.3 is 6.03 Å². The number of aliphatic hydroxyl groups excluding tert-OH is 1. The van der Waals surface area contributed by atoms with Crippen LogP contribution in [0.25, 0.3) is 0 Å². The Morgan fingerprint density at radius 3 is 2.83 bits per heavy atom. The van der Waals surface area contributed by atoms with Crippen LogP contribution in [0.3, 0.4) is 0 Å². The van der Waals surface area contributed by atoms with Crippen LogP contribution in [0.2, 0.25) is 0 Å². The molecule has 1 aliphatic rings. The smallest absolute Gasteiger partial charge is 0.317 e. The molecule has 6 nitrogen and oxygen atoms in total. The summed E-state index contributed by atoms with van der Waals surface area (Å²) < 4.78 is 5.28. The van der Waals surface area contributed by atoms with Gasteiger partial charge in [0.1, 0.15) is 5.76 Å². The molecule has 2 N–H and O–H groups in total. The predicted molar refractivity (Wildman–Crippen MR) is 84.9 cm³/mol. The molecule has 2 amide bonds. The Balaban J connectivity index is 1.41. The lowest BCUT2D eigenvalue weighted by molar-refractivity contribution is 0.146. The molecule has 1 saturated heterocycles. The number of nitrogens with one attached hydrogen (secondary N) is 1. The highest BCUT2D eigenvalue weighted by molar-refractivity contribution is 5.75. The van der Waals surface area contributed by atoms with E-state index >= 15 is 0 Å². The molecule has 2 aromatic rings. The number of amides is 2. The van der Waals surface area contributed by atoms with E-state index in [2.05, 4.69) is 10.3 Å². The van der Waals surface area contributed by atoms with Crippen molar-refractivity contribution in [2.24, 2.45) is 5.92 Å². The first-order valence-corrected chi connectivity index (χ1v) is 7.82. The maximum atomic E-state index is 12.1. The number of carbonyl (C=O) groups excluding carboxylic acids is 1. The van der Waals surface area contributed by atoms with E-state index in [1.54, 1.807) is 23.6 Å². The molecule has 1 atom stereocenters. The molecule has 0 bridgehead atoms. The maximum Gasteiger partial charge on any atom is 0.317 e. The fourth-order valence-electron chi connectivity index (χ4n) is 2.75. The third-order valence-electron chi connectivity index (χ3n) is 4.22. The van der Waals surface area contributed by atoms with Crippen molar-refractivity contribution < 1.29 is 14.3 Å². The van der Waals surface area contributed by atoms with Gasteiger partial charge in [0.05, 0.1) is 6.26 Å². The van der Waals surface area contributed by atoms with E-state index in [9.17, 15) is 9.90 Å². The summed E-state index contributed by atoms with van der Waals surface area (Å²) in [5, 5.41) is 12.3. The van der Waals surface area contributed by atoms with Crippen molar-refractivity contribution in [3.8, 4) is 0 Å². The van der Waals surface area contributed by atoms with E-state index in [0.29, 0.717) is 18.9 Å². The average molecular weight is 315 g/mol. The van der Waals surface area contributed by atoms with E-state index in [1.807, 2.05) is 24.3 Å². The van der Waals surface area contributed by atoms with E-state index in [1.165, 1.54) is 5.56 Å². The highest BCUT2D eigenvalue weighted by Crippen LogP contribution is 2.26. The average Bonchev–Trinajstić information content (AvgIpc) is 3.04. The molecule has 0 aromatic carbocycles. The number of furan rings is 1. The van der Waals surface area contributed by atoms with Crippen molar-refractivity contribution in [1.82, 2.24) is 15.2 Å². The van der Waals surface area contributed by atoms with Crippen molar-refractivity contribution >= 4 is 6.03 Å². The number of hydrogen-bond acceptors (Lipinski definition) is 4. The zero-order chi connectivity index (χ0) is 16.1. The van der Waals surface area contributed by atoms with Crippen LogP contribution in [0.5, 0.6) is 0 Å². The fourth-order valence-corrected chi connectivity index (χ4v) is 2.75. The molecule has 6 heteroatoms. The molecule has 2 aromatic heterocycles. The molecular weight excluding hydrogens is 294 g/mol. The van der Waals surface area contributed by atoms with Crippen LogP contribution in [-0.4, -0.2) is 47.3 Å². The monoisotopic (exact) mass is 315 g/mol. The van der Waals surface area contributed by atoms with Gasteiger partial charge in [0.25, 0.3) is 0 Å². The van der Waals surface area contributed by atoms with Gasteiger partial charge in [-0.25, -0.2) is 4.79 Å². The van der Waals surface area contributed by atoms with Crippen LogP contribution in [0.1, 0.15) is 17.2 Å². The minimum absolute atomic E-state index is 0.0145. The first kappa shape index (κ1) is 15.6. The van der Waals surface area contributed by atoms with E-state index < -0.39 is 0 Å². The van der Waals surface area contributed by atoms with Crippen LogP contribution < -0.4 is 5.32 Å². The summed E-state index contributed by atoms with van der Waals surface area (Å²) in [6, 6.07) is 7.60. The number of carbonyl (C=O) groups is 1. The Kier molecular flexibility index (Phi) is 4.92. The Bertz CT molecular complexity index is 609. The second-order valence-corrected chi connectivity index (χ2v) is 5.90. The van der Waals surface area contributed by atoms with Crippen molar-refractivity contribution in [2.45, 2.75) is 12.3 Å². The normalized spacial score (nSPS) is 16.0. The zero-order valence-corrected chi connectivity index (χ0v) is 12.9. The van der Waals surface area contributed by atoms with Crippen molar-refractivity contribution in [1.29, 1.82) is 0 Å². The van der Waals surface area contributed by atoms with Crippen molar-refractivity contribution in [3.63, 3.8) is 0 Å². The topological polar surface area (TPSA) is 78.6 Å². The third-order valence-corrected chi connectivity index (χ3v) is 4.22. The number of nitrogens with zero attached hydrogens (tertiary/aromatic N) is 2. The number of aliphatic hydroxyl groups is 1. The highest BCUT2D eigenvalue weighted by atomic mass is 16.3. The maximum absolute atomic E-state index is 12.1. The summed E-state index contributed by atoms with van der Waals surface area (Å²) in [7, 11) is 0. The van der Waals surface area contributed by atoms with Crippen LogP contribution in [0, 0.1) is 5.92 Å². The molecule has 0 radical (unpaired) electrons. The van der Waals surface area contributed by atoms with E-state index in [0.717, 1.165) is 18.8 Å². The first-order valence-electron chi connectivity index (χ1n) is 7.82. The minimum Gasteiger partial charge on any atom is -0.469 e. The van der Waals surface area contributed by atoms with Gasteiger partial charge in [-0.05, 0) is 29.8 Å². The molecule has 0 spiro atoms. The molecule has 23 heavy (non-hydrogen) atoms. The van der Waals surface area contributed by atoms with Gasteiger partial charge in [-0.1, -0.05) is 0 Å². The molecule has 1 aliphatic heterocycles. The number of likely N-dealkylation sites (tertiary alicyclic amines) is 1. The number of aromatic nitrogens is 1. The summed E-state index contributed by atoms with van der Waals surface area (Å²) in [4.78, 5) is 17.9. The summed E-state index contributed by atoms with van der Waals surface area (Å²) in [6.07, 6.45) is 5.78. The quantitative estimate of drug-likeness (QED) is 0.849. The van der Waals surface area contributed by atoms with E-state index in [-0.39, 0.29) is 18.6 Å². The standard InChI is InChI=1S/C17H21N3O3/c21-12-13(8-16-2-1-7-23-16)9-19-17(22)20-10-15(11-20)14-3-5-18-6-4-14/h1-7,13,15,21H,8-12H2,(H,19,22). The van der Waals surface area contributed by atoms with Gasteiger partial charge in [-0.15, -0.1) is 0 Å². The summed E-state index contributed by atoms with van der Waals surface area (Å²) in [5.74, 6) is 1.17. The van der Waals surface area contributed by atoms with Crippen LogP contribution >= 0.6 is 0 Å². The second kappa shape index (κ2) is 7.28. The molecule has 0 saturated carbocycles. The Morgan fingerprint density at radius 1 is 1.39 bits per heavy atom. The Labute approximate surface area is 135 Å². The second-order valence-electron chi connectivity index (χ2n) is 5.90. The van der Waals surface area contributed by atoms with Gasteiger partial charge in [-0.3, -0.25) is 4.98 Å². The summed E-state index contributed by atoms with van der Waals surface area (Å²) in [6.45, 7) is 1.89. The summed E-state index contributed by atoms with van der Waals surface area (Å²) in [5.41, 5.74) is 1.22. The molecule has 1 unspecified atom stereocenters. The molecule has 3 heterocycles. The van der Waals surface area contributed by atoms with Crippen LogP contribution in [0.4, 0.5) is 4.79 Å². The lowest BCUT2D eigenvalue weighted by Crippen LogP contribution is -2.53. The zero-order valence-electron chi connectivity index (χ0n) is 12.9. The fraction of sp³-hybridized carbons (Fsp3) is 0.412. The van der Waals surface area contributed by atoms with Gasteiger partial charge in [0.15, 0.2) is 0 Å². The van der Waals surface area contributed by atoms with E-state index in [4.69, 9.17) is 4.42 Å². The van der Waals surface area contributed by atoms with Gasteiger partial charge in [0, 0.05) is 56.9 Å². The highest BCUT2D eigenvalue weighted by Gasteiger charge is 2.31. The van der Waals surface area contributed by atoms with Gasteiger partial charge in [0.2, 0.25) is 0 Å². The number of rotatable bonds is 6. The number of pyridine rings is 1.